The Bertz CT molecular complexity index is 1200. The van der Waals surface area contributed by atoms with Gasteiger partial charge in [-0.2, -0.15) is 0 Å². The normalized spacial score (nSPS) is 15.2. The number of aromatic amines is 1. The number of rotatable bonds is 5. The van der Waals surface area contributed by atoms with Gasteiger partial charge >= 0.3 is 0 Å². The lowest BCUT2D eigenvalue weighted by Crippen LogP contribution is -2.36. The Hall–Kier alpha value is -3.53. The molecule has 2 heterocycles. The first-order chi connectivity index (χ1) is 14.9. The van der Waals surface area contributed by atoms with Crippen molar-refractivity contribution in [3.8, 4) is 0 Å². The minimum absolute atomic E-state index is 0.0286. The first-order valence-electron chi connectivity index (χ1n) is 9.27. The molecule has 10 heteroatoms. The number of hydrogen-bond acceptors (Lipinski definition) is 5. The van der Waals surface area contributed by atoms with Gasteiger partial charge in [0.25, 0.3) is 5.56 Å². The number of halogens is 2. The predicted molar refractivity (Wildman–Crippen MR) is 112 cm³/mol. The van der Waals surface area contributed by atoms with Crippen molar-refractivity contribution in [2.24, 2.45) is 0 Å². The molecule has 1 aromatic heterocycles. The third-order valence-electron chi connectivity index (χ3n) is 4.65. The number of H-pyrrole nitrogens is 1. The second-order valence-corrected chi connectivity index (χ2v) is 7.81. The van der Waals surface area contributed by atoms with Gasteiger partial charge in [-0.3, -0.25) is 14.4 Å². The van der Waals surface area contributed by atoms with Crippen LogP contribution >= 0.6 is 11.8 Å². The molecule has 3 aromatic rings. The number of hydrogen-bond donors (Lipinski definition) is 3. The Morgan fingerprint density at radius 2 is 1.71 bits per heavy atom. The Morgan fingerprint density at radius 1 is 1.06 bits per heavy atom. The molecule has 0 aliphatic carbocycles. The summed E-state index contributed by atoms with van der Waals surface area (Å²) in [6, 6.07) is 11.1. The van der Waals surface area contributed by atoms with E-state index in [1.54, 1.807) is 12.1 Å². The number of fused-ring (bicyclic) bond motifs is 1. The van der Waals surface area contributed by atoms with E-state index >= 15 is 0 Å². The molecule has 158 valence electrons. The number of benzene rings is 2. The highest BCUT2D eigenvalue weighted by molar-refractivity contribution is 7.98. The van der Waals surface area contributed by atoms with Crippen LogP contribution < -0.4 is 16.2 Å². The quantitative estimate of drug-likeness (QED) is 0.415. The van der Waals surface area contributed by atoms with Crippen LogP contribution in [0.1, 0.15) is 23.5 Å². The van der Waals surface area contributed by atoms with E-state index in [4.69, 9.17) is 0 Å². The van der Waals surface area contributed by atoms with Crippen molar-refractivity contribution < 1.29 is 18.4 Å². The van der Waals surface area contributed by atoms with Gasteiger partial charge in [0.1, 0.15) is 17.5 Å². The summed E-state index contributed by atoms with van der Waals surface area (Å²) in [4.78, 5) is 44.5. The molecule has 0 unspecified atom stereocenters. The zero-order chi connectivity index (χ0) is 22.0. The first kappa shape index (κ1) is 20.7. The average molecular weight is 442 g/mol. The van der Waals surface area contributed by atoms with Gasteiger partial charge in [-0.05, 0) is 42.0 Å². The van der Waals surface area contributed by atoms with Crippen LogP contribution in [0.3, 0.4) is 0 Å². The van der Waals surface area contributed by atoms with Crippen LogP contribution in [0.15, 0.2) is 58.5 Å². The Morgan fingerprint density at radius 3 is 2.39 bits per heavy atom. The summed E-state index contributed by atoms with van der Waals surface area (Å²) in [6.07, 6.45) is -0.215. The van der Waals surface area contributed by atoms with E-state index in [-0.39, 0.29) is 28.8 Å². The molecule has 2 amide bonds. The predicted octanol–water partition coefficient (Wildman–Crippen LogP) is 3.40. The Labute approximate surface area is 179 Å². The number of nitrogens with one attached hydrogen (secondary N) is 3. The molecular weight excluding hydrogens is 426 g/mol. The van der Waals surface area contributed by atoms with Gasteiger partial charge in [-0.15, -0.1) is 0 Å². The van der Waals surface area contributed by atoms with Gasteiger partial charge < -0.3 is 15.6 Å². The van der Waals surface area contributed by atoms with E-state index in [0.717, 1.165) is 5.56 Å². The van der Waals surface area contributed by atoms with Crippen molar-refractivity contribution in [3.05, 3.63) is 81.6 Å². The number of carbonyl (C=O) groups is 2. The van der Waals surface area contributed by atoms with E-state index in [1.807, 2.05) is 0 Å². The van der Waals surface area contributed by atoms with Crippen molar-refractivity contribution in [3.63, 3.8) is 0 Å². The maximum absolute atomic E-state index is 13.1. The lowest BCUT2D eigenvalue weighted by atomic mass is 9.92. The Kier molecular flexibility index (Phi) is 5.81. The summed E-state index contributed by atoms with van der Waals surface area (Å²) >= 11 is 1.20. The van der Waals surface area contributed by atoms with Crippen LogP contribution in [0, 0.1) is 11.6 Å². The van der Waals surface area contributed by atoms with Crippen LogP contribution in [0.25, 0.3) is 0 Å². The largest absolute Gasteiger partial charge is 0.326 e. The standard InChI is InChI=1S/C21H16F2N4O3S/c22-12-3-1-11(2-4-12)10-31-21-26-18-17(20(30)27-21)15(9-16(28)25-18)19(29)24-14-7-5-13(23)6-8-14/h1-8,15H,9-10H2,(H,24,29)(H2,25,26,27,28,30)/t15-/m1/s1. The number of amides is 2. The molecule has 0 saturated carbocycles. The second-order valence-electron chi connectivity index (χ2n) is 6.85. The number of nitrogens with zero attached hydrogens (tertiary/aromatic N) is 1. The number of carbonyl (C=O) groups excluding carboxylic acids is 2. The lowest BCUT2D eigenvalue weighted by Gasteiger charge is -2.23. The summed E-state index contributed by atoms with van der Waals surface area (Å²) in [5, 5.41) is 5.39. The highest BCUT2D eigenvalue weighted by atomic mass is 32.2. The van der Waals surface area contributed by atoms with E-state index in [0.29, 0.717) is 11.4 Å². The zero-order valence-corrected chi connectivity index (χ0v) is 16.8. The Balaban J connectivity index is 1.56. The van der Waals surface area contributed by atoms with Crippen LogP contribution in [-0.2, 0) is 15.3 Å². The fraction of sp³-hybridized carbons (Fsp3) is 0.143. The van der Waals surface area contributed by atoms with Crippen molar-refractivity contribution in [1.82, 2.24) is 9.97 Å². The van der Waals surface area contributed by atoms with Gasteiger partial charge in [-0.25, -0.2) is 13.8 Å². The van der Waals surface area contributed by atoms with Crippen LogP contribution in [0.4, 0.5) is 20.3 Å². The lowest BCUT2D eigenvalue weighted by molar-refractivity contribution is -0.123. The van der Waals surface area contributed by atoms with E-state index in [2.05, 4.69) is 20.6 Å². The van der Waals surface area contributed by atoms with Gasteiger partial charge in [0, 0.05) is 17.9 Å². The highest BCUT2D eigenvalue weighted by Gasteiger charge is 2.34. The molecule has 1 aliphatic rings. The van der Waals surface area contributed by atoms with Gasteiger partial charge in [0.05, 0.1) is 11.5 Å². The van der Waals surface area contributed by atoms with Crippen molar-refractivity contribution in [2.45, 2.75) is 23.2 Å². The SMILES string of the molecule is O=C1C[C@@H](C(=O)Nc2ccc(F)cc2)c2c(nc(SCc3ccc(F)cc3)[nH]c2=O)N1. The summed E-state index contributed by atoms with van der Waals surface area (Å²) in [6.45, 7) is 0. The molecule has 0 bridgehead atoms. The monoisotopic (exact) mass is 442 g/mol. The van der Waals surface area contributed by atoms with Crippen LogP contribution in [0.5, 0.6) is 0 Å². The molecular formula is C21H16F2N4O3S. The molecule has 0 saturated heterocycles. The maximum Gasteiger partial charge on any atom is 0.257 e. The smallest absolute Gasteiger partial charge is 0.257 e. The minimum Gasteiger partial charge on any atom is -0.326 e. The molecule has 1 aliphatic heterocycles. The van der Waals surface area contributed by atoms with Crippen molar-refractivity contribution in [1.29, 1.82) is 0 Å². The molecule has 3 N–H and O–H groups in total. The fourth-order valence-electron chi connectivity index (χ4n) is 3.14. The van der Waals surface area contributed by atoms with Gasteiger partial charge in [0.2, 0.25) is 11.8 Å². The number of thioether (sulfide) groups is 1. The maximum atomic E-state index is 13.1. The van der Waals surface area contributed by atoms with Crippen LogP contribution in [0.2, 0.25) is 0 Å². The summed E-state index contributed by atoms with van der Waals surface area (Å²) in [7, 11) is 0. The molecule has 0 radical (unpaired) electrons. The molecule has 2 aromatic carbocycles. The van der Waals surface area contributed by atoms with E-state index in [1.165, 1.54) is 48.2 Å². The first-order valence-corrected chi connectivity index (χ1v) is 10.3. The minimum atomic E-state index is -1.04. The van der Waals surface area contributed by atoms with Crippen molar-refractivity contribution >= 4 is 35.1 Å². The second kappa shape index (κ2) is 8.68. The van der Waals surface area contributed by atoms with E-state index < -0.39 is 29.1 Å². The number of anilines is 2. The third-order valence-corrected chi connectivity index (χ3v) is 5.59. The summed E-state index contributed by atoms with van der Waals surface area (Å²) in [5.41, 5.74) is 0.693. The average Bonchev–Trinajstić information content (AvgIpc) is 2.74. The van der Waals surface area contributed by atoms with E-state index in [9.17, 15) is 23.2 Å². The number of aromatic nitrogens is 2. The third kappa shape index (κ3) is 4.80. The molecule has 1 atom stereocenters. The van der Waals surface area contributed by atoms with Crippen molar-refractivity contribution in [2.75, 3.05) is 10.6 Å². The summed E-state index contributed by atoms with van der Waals surface area (Å²) in [5.74, 6) is -2.40. The highest BCUT2D eigenvalue weighted by Crippen LogP contribution is 2.31. The van der Waals surface area contributed by atoms with Crippen LogP contribution in [-0.4, -0.2) is 21.8 Å². The fourth-order valence-corrected chi connectivity index (χ4v) is 3.95. The van der Waals surface area contributed by atoms with Gasteiger partial charge in [0.15, 0.2) is 5.16 Å². The topological polar surface area (TPSA) is 104 Å². The molecule has 7 nitrogen and oxygen atoms in total. The zero-order valence-electron chi connectivity index (χ0n) is 15.9. The summed E-state index contributed by atoms with van der Waals surface area (Å²) < 4.78 is 26.1. The molecule has 4 rings (SSSR count). The molecule has 0 fully saturated rings. The molecule has 0 spiro atoms. The molecule has 31 heavy (non-hydrogen) atoms. The van der Waals surface area contributed by atoms with Gasteiger partial charge in [-0.1, -0.05) is 23.9 Å².